The zero-order valence-electron chi connectivity index (χ0n) is 7.33. The number of hydrogen-bond acceptors (Lipinski definition) is 2. The number of benzene rings is 1. The molecule has 1 aromatic rings. The third kappa shape index (κ3) is 2.56. The van der Waals surface area contributed by atoms with Crippen LogP contribution in [0.2, 0.25) is 0 Å². The van der Waals surface area contributed by atoms with Crippen LogP contribution in [-0.4, -0.2) is 11.4 Å². The van der Waals surface area contributed by atoms with Crippen molar-refractivity contribution in [2.75, 3.05) is 0 Å². The highest BCUT2D eigenvalue weighted by Gasteiger charge is 2.06. The van der Waals surface area contributed by atoms with Crippen LogP contribution in [0.1, 0.15) is 24.0 Å². The predicted molar refractivity (Wildman–Crippen MR) is 55.2 cm³/mol. The van der Waals surface area contributed by atoms with Crippen LogP contribution in [0, 0.1) is 0 Å². The second-order valence-corrected chi connectivity index (χ2v) is 3.55. The van der Waals surface area contributed by atoms with Crippen molar-refractivity contribution < 1.29 is 9.90 Å². The topological polar surface area (TPSA) is 37.3 Å². The smallest absolute Gasteiger partial charge is 0.127 e. The van der Waals surface area contributed by atoms with E-state index in [1.54, 1.807) is 19.1 Å². The molecule has 0 saturated heterocycles. The van der Waals surface area contributed by atoms with Gasteiger partial charge in [-0.3, -0.25) is 0 Å². The molecule has 1 atom stereocenters. The summed E-state index contributed by atoms with van der Waals surface area (Å²) in [5, 5.41) is 10.0. The predicted octanol–water partition coefficient (Wildman–Crippen LogP) is 2.59. The fraction of sp³-hybridized carbons (Fsp3) is 0.300. The van der Waals surface area contributed by atoms with Gasteiger partial charge < -0.3 is 9.90 Å². The first kappa shape index (κ1) is 10.3. The molecule has 0 aliphatic carbocycles. The third-order valence-corrected chi connectivity index (χ3v) is 2.53. The molecule has 0 spiro atoms. The summed E-state index contributed by atoms with van der Waals surface area (Å²) in [5.41, 5.74) is 1.83. The van der Waals surface area contributed by atoms with Crippen molar-refractivity contribution in [1.82, 2.24) is 0 Å². The summed E-state index contributed by atoms with van der Waals surface area (Å²) in [7, 11) is 0. The molecule has 13 heavy (non-hydrogen) atoms. The summed E-state index contributed by atoms with van der Waals surface area (Å²) in [6, 6.07) is 5.20. The van der Waals surface area contributed by atoms with Crippen molar-refractivity contribution in [3.8, 4) is 5.75 Å². The minimum absolute atomic E-state index is 0.162. The van der Waals surface area contributed by atoms with E-state index in [1.807, 2.05) is 6.07 Å². The van der Waals surface area contributed by atoms with Crippen LogP contribution in [0.3, 0.4) is 0 Å². The van der Waals surface area contributed by atoms with Gasteiger partial charge in [0.05, 0.1) is 0 Å². The maximum Gasteiger partial charge on any atom is 0.127 e. The van der Waals surface area contributed by atoms with Gasteiger partial charge in [-0.2, -0.15) is 0 Å². The monoisotopic (exact) mass is 242 g/mol. The number of hydrogen-bond donors (Lipinski definition) is 1. The van der Waals surface area contributed by atoms with Gasteiger partial charge in [0.25, 0.3) is 0 Å². The third-order valence-electron chi connectivity index (χ3n) is 1.88. The van der Waals surface area contributed by atoms with Crippen molar-refractivity contribution >= 4 is 22.2 Å². The SMILES string of the molecule is CC(C=O)c1cc(O)cc(CBr)c1. The Labute approximate surface area is 85.7 Å². The lowest BCUT2D eigenvalue weighted by molar-refractivity contribution is -0.108. The van der Waals surface area contributed by atoms with Crippen LogP contribution in [-0.2, 0) is 10.1 Å². The van der Waals surface area contributed by atoms with Crippen LogP contribution in [0.4, 0.5) is 0 Å². The number of rotatable bonds is 3. The first-order valence-corrected chi connectivity index (χ1v) is 5.13. The average molecular weight is 243 g/mol. The van der Waals surface area contributed by atoms with E-state index in [2.05, 4.69) is 15.9 Å². The van der Waals surface area contributed by atoms with Gasteiger partial charge >= 0.3 is 0 Å². The minimum atomic E-state index is -0.162. The van der Waals surface area contributed by atoms with E-state index in [-0.39, 0.29) is 11.7 Å². The van der Waals surface area contributed by atoms with E-state index in [4.69, 9.17) is 0 Å². The Morgan fingerprint density at radius 2 is 2.23 bits per heavy atom. The maximum atomic E-state index is 10.5. The Balaban J connectivity index is 3.07. The van der Waals surface area contributed by atoms with E-state index in [9.17, 15) is 9.90 Å². The number of halogens is 1. The van der Waals surface area contributed by atoms with Gasteiger partial charge in [0, 0.05) is 11.2 Å². The molecule has 2 nitrogen and oxygen atoms in total. The van der Waals surface area contributed by atoms with Gasteiger partial charge in [-0.05, 0) is 23.3 Å². The first-order chi connectivity index (χ1) is 6.17. The van der Waals surface area contributed by atoms with Crippen LogP contribution in [0.15, 0.2) is 18.2 Å². The molecule has 0 fully saturated rings. The first-order valence-electron chi connectivity index (χ1n) is 4.01. The molecule has 1 N–H and O–H groups in total. The minimum Gasteiger partial charge on any atom is -0.508 e. The molecule has 0 aliphatic heterocycles. The summed E-state index contributed by atoms with van der Waals surface area (Å²) < 4.78 is 0. The number of phenols is 1. The van der Waals surface area contributed by atoms with E-state index in [0.29, 0.717) is 5.33 Å². The lowest BCUT2D eigenvalue weighted by Gasteiger charge is -2.06. The molecule has 0 aromatic heterocycles. The largest absolute Gasteiger partial charge is 0.508 e. The van der Waals surface area contributed by atoms with E-state index in [0.717, 1.165) is 17.4 Å². The zero-order valence-corrected chi connectivity index (χ0v) is 8.91. The lowest BCUT2D eigenvalue weighted by Crippen LogP contribution is -1.95. The number of aromatic hydroxyl groups is 1. The summed E-state index contributed by atoms with van der Waals surface area (Å²) in [6.07, 6.45) is 0.868. The van der Waals surface area contributed by atoms with Gasteiger partial charge in [-0.15, -0.1) is 0 Å². The molecule has 3 heteroatoms. The van der Waals surface area contributed by atoms with Crippen molar-refractivity contribution in [2.45, 2.75) is 18.2 Å². The normalized spacial score (nSPS) is 12.5. The average Bonchev–Trinajstić information content (AvgIpc) is 2.15. The molecule has 0 amide bonds. The van der Waals surface area contributed by atoms with Crippen molar-refractivity contribution in [1.29, 1.82) is 0 Å². The van der Waals surface area contributed by atoms with Crippen LogP contribution >= 0.6 is 15.9 Å². The number of phenolic OH excluding ortho intramolecular Hbond substituents is 1. The molecule has 1 aromatic carbocycles. The molecule has 1 rings (SSSR count). The van der Waals surface area contributed by atoms with Gasteiger partial charge in [-0.25, -0.2) is 0 Å². The highest BCUT2D eigenvalue weighted by molar-refractivity contribution is 9.08. The van der Waals surface area contributed by atoms with Crippen molar-refractivity contribution in [3.63, 3.8) is 0 Å². The maximum absolute atomic E-state index is 10.5. The molecular formula is C10H11BrO2. The summed E-state index contributed by atoms with van der Waals surface area (Å²) in [4.78, 5) is 10.5. The second-order valence-electron chi connectivity index (χ2n) is 2.99. The van der Waals surface area contributed by atoms with Gasteiger partial charge in [0.15, 0.2) is 0 Å². The fourth-order valence-corrected chi connectivity index (χ4v) is 1.44. The van der Waals surface area contributed by atoms with Gasteiger partial charge in [-0.1, -0.05) is 28.9 Å². The van der Waals surface area contributed by atoms with Crippen molar-refractivity contribution in [3.05, 3.63) is 29.3 Å². The fourth-order valence-electron chi connectivity index (χ4n) is 1.12. The Morgan fingerprint density at radius 1 is 1.54 bits per heavy atom. The Hall–Kier alpha value is -0.830. The molecule has 0 heterocycles. The summed E-state index contributed by atoms with van der Waals surface area (Å²) in [6.45, 7) is 1.81. The quantitative estimate of drug-likeness (QED) is 0.654. The van der Waals surface area contributed by atoms with Gasteiger partial charge in [0.2, 0.25) is 0 Å². The summed E-state index contributed by atoms with van der Waals surface area (Å²) >= 11 is 3.30. The number of alkyl halides is 1. The van der Waals surface area contributed by atoms with Crippen molar-refractivity contribution in [2.24, 2.45) is 0 Å². The number of aldehydes is 1. The van der Waals surface area contributed by atoms with E-state index >= 15 is 0 Å². The summed E-state index contributed by atoms with van der Waals surface area (Å²) in [5.74, 6) is 0.0468. The Kier molecular flexibility index (Phi) is 3.48. The zero-order chi connectivity index (χ0) is 9.84. The Morgan fingerprint density at radius 3 is 2.77 bits per heavy atom. The molecule has 0 aliphatic rings. The standard InChI is InChI=1S/C10H11BrO2/c1-7(6-12)9-2-8(5-11)3-10(13)4-9/h2-4,6-7,13H,5H2,1H3. The molecule has 70 valence electrons. The molecule has 1 unspecified atom stereocenters. The van der Waals surface area contributed by atoms with Crippen LogP contribution < -0.4 is 0 Å². The van der Waals surface area contributed by atoms with Crippen LogP contribution in [0.25, 0.3) is 0 Å². The number of carbonyl (C=O) groups excluding carboxylic acids is 1. The highest BCUT2D eigenvalue weighted by Crippen LogP contribution is 2.22. The lowest BCUT2D eigenvalue weighted by atomic mass is 10.0. The second kappa shape index (κ2) is 4.42. The highest BCUT2D eigenvalue weighted by atomic mass is 79.9. The van der Waals surface area contributed by atoms with E-state index in [1.165, 1.54) is 0 Å². The molecule has 0 radical (unpaired) electrons. The molecule has 0 saturated carbocycles. The van der Waals surface area contributed by atoms with Crippen LogP contribution in [0.5, 0.6) is 5.75 Å². The van der Waals surface area contributed by atoms with Gasteiger partial charge in [0.1, 0.15) is 12.0 Å². The van der Waals surface area contributed by atoms with E-state index < -0.39 is 0 Å². The molecular weight excluding hydrogens is 232 g/mol. The Bertz CT molecular complexity index is 310. The number of carbonyl (C=O) groups is 1. The molecule has 0 bridgehead atoms.